The Balaban J connectivity index is 1.95. The smallest absolute Gasteiger partial charge is 0.146 e. The van der Waals surface area contributed by atoms with Gasteiger partial charge in [0, 0.05) is 11.0 Å². The highest BCUT2D eigenvalue weighted by molar-refractivity contribution is 9.10. The van der Waals surface area contributed by atoms with Gasteiger partial charge in [-0.3, -0.25) is 0 Å². The molecule has 4 heteroatoms. The summed E-state index contributed by atoms with van der Waals surface area (Å²) in [6.07, 6.45) is 0.992. The second-order valence-corrected chi connectivity index (χ2v) is 5.39. The van der Waals surface area contributed by atoms with Crippen LogP contribution in [0.1, 0.15) is 18.9 Å². The van der Waals surface area contributed by atoms with Gasteiger partial charge in [-0.2, -0.15) is 0 Å². The molecular formula is C16H17BrFNO. The lowest BCUT2D eigenvalue weighted by atomic mass is 10.2. The van der Waals surface area contributed by atoms with Crippen LogP contribution < -0.4 is 10.1 Å². The summed E-state index contributed by atoms with van der Waals surface area (Å²) >= 11 is 3.33. The van der Waals surface area contributed by atoms with Gasteiger partial charge in [-0.25, -0.2) is 4.39 Å². The normalized spacial score (nSPS) is 10.3. The fraction of sp³-hybridized carbons (Fsp3) is 0.250. The summed E-state index contributed by atoms with van der Waals surface area (Å²) in [6, 6.07) is 12.7. The molecule has 2 nitrogen and oxygen atoms in total. The molecule has 0 amide bonds. The van der Waals surface area contributed by atoms with Crippen molar-refractivity contribution >= 4 is 21.6 Å². The van der Waals surface area contributed by atoms with Gasteiger partial charge in [-0.1, -0.05) is 35.0 Å². The largest absolute Gasteiger partial charge is 0.494 e. The maximum Gasteiger partial charge on any atom is 0.146 e. The molecular weight excluding hydrogens is 321 g/mol. The number of anilines is 1. The van der Waals surface area contributed by atoms with Crippen LogP contribution in [-0.2, 0) is 6.54 Å². The van der Waals surface area contributed by atoms with Gasteiger partial charge >= 0.3 is 0 Å². The third-order valence-corrected chi connectivity index (χ3v) is 3.30. The van der Waals surface area contributed by atoms with Gasteiger partial charge in [0.25, 0.3) is 0 Å². The Morgan fingerprint density at radius 3 is 2.60 bits per heavy atom. The number of hydrogen-bond donors (Lipinski definition) is 1. The first kappa shape index (κ1) is 14.9. The van der Waals surface area contributed by atoms with Crippen molar-refractivity contribution in [2.45, 2.75) is 19.9 Å². The Morgan fingerprint density at radius 2 is 1.90 bits per heavy atom. The summed E-state index contributed by atoms with van der Waals surface area (Å²) < 4.78 is 19.9. The first-order valence-electron chi connectivity index (χ1n) is 6.59. The number of rotatable bonds is 6. The minimum atomic E-state index is -0.254. The SMILES string of the molecule is CCCOc1ccc(CNc2cc(Br)ccc2F)cc1. The summed E-state index contributed by atoms with van der Waals surface area (Å²) in [4.78, 5) is 0. The van der Waals surface area contributed by atoms with Crippen molar-refractivity contribution in [2.24, 2.45) is 0 Å². The highest BCUT2D eigenvalue weighted by Gasteiger charge is 2.02. The first-order valence-corrected chi connectivity index (χ1v) is 7.39. The molecule has 0 saturated heterocycles. The van der Waals surface area contributed by atoms with Gasteiger partial charge in [0.2, 0.25) is 0 Å². The van der Waals surface area contributed by atoms with Gasteiger partial charge in [0.05, 0.1) is 12.3 Å². The molecule has 0 fully saturated rings. The number of halogens is 2. The van der Waals surface area contributed by atoms with Crippen LogP contribution >= 0.6 is 15.9 Å². The van der Waals surface area contributed by atoms with Crippen molar-refractivity contribution in [2.75, 3.05) is 11.9 Å². The van der Waals surface area contributed by atoms with E-state index >= 15 is 0 Å². The molecule has 0 spiro atoms. The van der Waals surface area contributed by atoms with Crippen LogP contribution in [0, 0.1) is 5.82 Å². The van der Waals surface area contributed by atoms with Crippen LogP contribution in [0.25, 0.3) is 0 Å². The number of ether oxygens (including phenoxy) is 1. The fourth-order valence-corrected chi connectivity index (χ4v) is 2.11. The van der Waals surface area contributed by atoms with E-state index in [1.807, 2.05) is 24.3 Å². The standard InChI is InChI=1S/C16H17BrFNO/c1-2-9-20-14-6-3-12(4-7-14)11-19-16-10-13(17)5-8-15(16)18/h3-8,10,19H,2,9,11H2,1H3. The van der Waals surface area contributed by atoms with E-state index < -0.39 is 0 Å². The fourth-order valence-electron chi connectivity index (χ4n) is 1.75. The van der Waals surface area contributed by atoms with Crippen molar-refractivity contribution in [3.8, 4) is 5.75 Å². The average molecular weight is 338 g/mol. The molecule has 0 aliphatic rings. The minimum absolute atomic E-state index is 0.254. The zero-order chi connectivity index (χ0) is 14.4. The first-order chi connectivity index (χ1) is 9.69. The van der Waals surface area contributed by atoms with E-state index in [9.17, 15) is 4.39 Å². The van der Waals surface area contributed by atoms with Crippen LogP contribution in [0.4, 0.5) is 10.1 Å². The third kappa shape index (κ3) is 4.23. The summed E-state index contributed by atoms with van der Waals surface area (Å²) in [5.74, 6) is 0.611. The van der Waals surface area contributed by atoms with Crippen molar-refractivity contribution in [1.82, 2.24) is 0 Å². The molecule has 2 aromatic carbocycles. The molecule has 2 aromatic rings. The lowest BCUT2D eigenvalue weighted by Crippen LogP contribution is -2.01. The van der Waals surface area contributed by atoms with Crippen LogP contribution in [0.15, 0.2) is 46.9 Å². The van der Waals surface area contributed by atoms with Crippen molar-refractivity contribution in [3.05, 3.63) is 58.3 Å². The summed E-state index contributed by atoms with van der Waals surface area (Å²) in [7, 11) is 0. The predicted octanol–water partition coefficient (Wildman–Crippen LogP) is 4.99. The van der Waals surface area contributed by atoms with Crippen LogP contribution in [0.5, 0.6) is 5.75 Å². The van der Waals surface area contributed by atoms with Crippen molar-refractivity contribution in [3.63, 3.8) is 0 Å². The molecule has 1 N–H and O–H groups in total. The van der Waals surface area contributed by atoms with Gasteiger partial charge in [0.1, 0.15) is 11.6 Å². The number of benzene rings is 2. The Hall–Kier alpha value is -1.55. The van der Waals surface area contributed by atoms with Crippen molar-refractivity contribution in [1.29, 1.82) is 0 Å². The molecule has 0 aliphatic heterocycles. The molecule has 0 aliphatic carbocycles. The molecule has 106 valence electrons. The van der Waals surface area contributed by atoms with E-state index in [1.54, 1.807) is 12.1 Å². The van der Waals surface area contributed by atoms with Gasteiger partial charge in [0.15, 0.2) is 0 Å². The molecule has 2 rings (SSSR count). The lowest BCUT2D eigenvalue weighted by Gasteiger charge is -2.09. The molecule has 0 aromatic heterocycles. The van der Waals surface area contributed by atoms with Crippen molar-refractivity contribution < 1.29 is 9.13 Å². The Bertz CT molecular complexity index is 557. The van der Waals surface area contributed by atoms with E-state index in [0.29, 0.717) is 12.2 Å². The molecule has 0 atom stereocenters. The molecule has 0 bridgehead atoms. The quantitative estimate of drug-likeness (QED) is 0.801. The number of hydrogen-bond acceptors (Lipinski definition) is 2. The highest BCUT2D eigenvalue weighted by Crippen LogP contribution is 2.21. The van der Waals surface area contributed by atoms with Gasteiger partial charge < -0.3 is 10.1 Å². The van der Waals surface area contributed by atoms with E-state index in [0.717, 1.165) is 28.8 Å². The molecule has 20 heavy (non-hydrogen) atoms. The topological polar surface area (TPSA) is 21.3 Å². The summed E-state index contributed by atoms with van der Waals surface area (Å²) in [5, 5.41) is 3.09. The third-order valence-electron chi connectivity index (χ3n) is 2.81. The molecule has 0 radical (unpaired) electrons. The second-order valence-electron chi connectivity index (χ2n) is 4.47. The molecule has 0 saturated carbocycles. The number of nitrogens with one attached hydrogen (secondary N) is 1. The summed E-state index contributed by atoms with van der Waals surface area (Å²) in [6.45, 7) is 3.37. The Labute approximate surface area is 127 Å². The second kappa shape index (κ2) is 7.29. The molecule has 0 unspecified atom stereocenters. The summed E-state index contributed by atoms with van der Waals surface area (Å²) in [5.41, 5.74) is 1.57. The zero-order valence-electron chi connectivity index (χ0n) is 11.3. The van der Waals surface area contributed by atoms with Crippen LogP contribution in [0.2, 0.25) is 0 Å². The van der Waals surface area contributed by atoms with Crippen LogP contribution in [0.3, 0.4) is 0 Å². The predicted molar refractivity (Wildman–Crippen MR) is 83.7 cm³/mol. The van der Waals surface area contributed by atoms with E-state index in [4.69, 9.17) is 4.74 Å². The average Bonchev–Trinajstić information content (AvgIpc) is 2.47. The maximum absolute atomic E-state index is 13.6. The van der Waals surface area contributed by atoms with E-state index in [2.05, 4.69) is 28.2 Å². The lowest BCUT2D eigenvalue weighted by molar-refractivity contribution is 0.317. The maximum atomic E-state index is 13.6. The highest BCUT2D eigenvalue weighted by atomic mass is 79.9. The van der Waals surface area contributed by atoms with Crippen LogP contribution in [-0.4, -0.2) is 6.61 Å². The zero-order valence-corrected chi connectivity index (χ0v) is 12.9. The Morgan fingerprint density at radius 1 is 1.15 bits per heavy atom. The van der Waals surface area contributed by atoms with E-state index in [-0.39, 0.29) is 5.82 Å². The van der Waals surface area contributed by atoms with Gasteiger partial charge in [-0.05, 0) is 42.3 Å². The minimum Gasteiger partial charge on any atom is -0.494 e. The monoisotopic (exact) mass is 337 g/mol. The van der Waals surface area contributed by atoms with Gasteiger partial charge in [-0.15, -0.1) is 0 Å². The van der Waals surface area contributed by atoms with E-state index in [1.165, 1.54) is 6.07 Å². The Kier molecular flexibility index (Phi) is 5.41. The molecule has 0 heterocycles.